The third-order valence-electron chi connectivity index (χ3n) is 2.47. The Bertz CT molecular complexity index is 534. The highest BCUT2D eigenvalue weighted by Gasteiger charge is 2.20. The summed E-state index contributed by atoms with van der Waals surface area (Å²) in [4.78, 5) is 11.6. The van der Waals surface area contributed by atoms with Gasteiger partial charge in [-0.25, -0.2) is 0 Å². The van der Waals surface area contributed by atoms with Crippen LogP contribution in [0.2, 0.25) is 0 Å². The number of hydrogen-bond acceptors (Lipinski definition) is 3. The number of hydrogen-bond donors (Lipinski definition) is 2. The van der Waals surface area contributed by atoms with Crippen LogP contribution in [0.1, 0.15) is 17.4 Å². The maximum atomic E-state index is 11.6. The number of nitrogens with one attached hydrogen (secondary N) is 1. The van der Waals surface area contributed by atoms with Gasteiger partial charge in [-0.15, -0.1) is 0 Å². The summed E-state index contributed by atoms with van der Waals surface area (Å²) in [6.45, 7) is 3.36. The van der Waals surface area contributed by atoms with Crippen LogP contribution in [0.25, 0.3) is 10.9 Å². The van der Waals surface area contributed by atoms with E-state index in [1.165, 1.54) is 0 Å². The molecule has 1 aromatic carbocycles. The molecule has 3 rings (SSSR count). The minimum Gasteiger partial charge on any atom is -0.397 e. The molecule has 0 saturated carbocycles. The monoisotopic (exact) mass is 233 g/mol. The summed E-state index contributed by atoms with van der Waals surface area (Å²) in [6, 6.07) is 7.71. The molecule has 0 aliphatic carbocycles. The molecule has 1 aromatic heterocycles. The van der Waals surface area contributed by atoms with Gasteiger partial charge in [0, 0.05) is 18.5 Å². The summed E-state index contributed by atoms with van der Waals surface area (Å²) < 4.78 is 1.78. The molecule has 0 radical (unpaired) electrons. The van der Waals surface area contributed by atoms with Gasteiger partial charge in [-0.2, -0.15) is 5.10 Å². The fourth-order valence-corrected chi connectivity index (χ4v) is 1.84. The molecule has 2 N–H and O–H groups in total. The lowest BCUT2D eigenvalue weighted by molar-refractivity contribution is 0.0926. The molecule has 0 bridgehead atoms. The summed E-state index contributed by atoms with van der Waals surface area (Å²) in [5.74, 6) is -0.0232. The lowest BCUT2D eigenvalue weighted by Gasteiger charge is -2.13. The number of aliphatic hydroxyl groups excluding tert-OH is 1. The van der Waals surface area contributed by atoms with E-state index in [0.29, 0.717) is 12.2 Å². The first-order chi connectivity index (χ1) is 8.27. The van der Waals surface area contributed by atoms with E-state index in [2.05, 4.69) is 10.4 Å². The van der Waals surface area contributed by atoms with Gasteiger partial charge in [0.05, 0.1) is 12.1 Å². The second kappa shape index (κ2) is 4.97. The van der Waals surface area contributed by atoms with Crippen LogP contribution in [0.5, 0.6) is 0 Å². The Hall–Kier alpha value is -1.88. The van der Waals surface area contributed by atoms with Gasteiger partial charge in [-0.05, 0) is 13.0 Å². The van der Waals surface area contributed by atoms with E-state index in [-0.39, 0.29) is 12.5 Å². The van der Waals surface area contributed by atoms with Crippen molar-refractivity contribution in [2.45, 2.75) is 13.5 Å². The molecule has 1 amide bonds. The second-order valence-electron chi connectivity index (χ2n) is 3.66. The molecule has 5 nitrogen and oxygen atoms in total. The number of nitrogens with zero attached hydrogens (tertiary/aromatic N) is 2. The second-order valence-corrected chi connectivity index (χ2v) is 3.66. The predicted molar refractivity (Wildman–Crippen MR) is 64.8 cm³/mol. The Morgan fingerprint density at radius 1 is 1.47 bits per heavy atom. The molecule has 2 aromatic rings. The van der Waals surface area contributed by atoms with E-state index in [4.69, 9.17) is 5.11 Å². The number of carbonyl (C=O) groups excluding carboxylic acids is 1. The van der Waals surface area contributed by atoms with Gasteiger partial charge in [-0.3, -0.25) is 9.48 Å². The Morgan fingerprint density at radius 3 is 2.94 bits per heavy atom. The van der Waals surface area contributed by atoms with Crippen LogP contribution in [-0.2, 0) is 6.54 Å². The van der Waals surface area contributed by atoms with Crippen LogP contribution in [0.15, 0.2) is 24.3 Å². The Balaban J connectivity index is 0.000000329. The minimum absolute atomic E-state index is 0.0232. The molecule has 2 heterocycles. The first kappa shape index (κ1) is 11.6. The molecular weight excluding hydrogens is 218 g/mol. The zero-order valence-electron chi connectivity index (χ0n) is 9.68. The zero-order chi connectivity index (χ0) is 12.3. The van der Waals surface area contributed by atoms with Crippen LogP contribution >= 0.6 is 0 Å². The molecule has 0 atom stereocenters. The number of aliphatic hydroxyl groups is 1. The maximum absolute atomic E-state index is 11.6. The standard InChI is InChI=1S/C10H9N3O.C2H6O/c14-10-9-7-3-1-2-4-8(7)12-13(9)6-5-11-10;1-2-3/h1-4H,5-6H2,(H,11,14);3H,2H2,1H3. The van der Waals surface area contributed by atoms with E-state index < -0.39 is 0 Å². The van der Waals surface area contributed by atoms with Crippen molar-refractivity contribution in [3.63, 3.8) is 0 Å². The summed E-state index contributed by atoms with van der Waals surface area (Å²) in [7, 11) is 0. The van der Waals surface area contributed by atoms with Crippen LogP contribution in [0.3, 0.4) is 0 Å². The van der Waals surface area contributed by atoms with E-state index in [0.717, 1.165) is 17.4 Å². The van der Waals surface area contributed by atoms with Crippen molar-refractivity contribution < 1.29 is 9.90 Å². The van der Waals surface area contributed by atoms with Gasteiger partial charge >= 0.3 is 0 Å². The van der Waals surface area contributed by atoms with Gasteiger partial charge in [0.2, 0.25) is 0 Å². The highest BCUT2D eigenvalue weighted by Crippen LogP contribution is 2.19. The normalized spacial score (nSPS) is 13.6. The van der Waals surface area contributed by atoms with Crippen LogP contribution < -0.4 is 5.32 Å². The number of carbonyl (C=O) groups is 1. The van der Waals surface area contributed by atoms with Crippen molar-refractivity contribution in [3.8, 4) is 0 Å². The first-order valence-corrected chi connectivity index (χ1v) is 5.62. The molecule has 90 valence electrons. The number of rotatable bonds is 0. The number of amides is 1. The Labute approximate surface area is 99.1 Å². The average molecular weight is 233 g/mol. The van der Waals surface area contributed by atoms with Crippen molar-refractivity contribution in [2.75, 3.05) is 13.2 Å². The SMILES string of the molecule is CCO.O=C1NCCn2nc3ccccc3c21. The molecule has 0 spiro atoms. The van der Waals surface area contributed by atoms with Crippen LogP contribution in [0, 0.1) is 0 Å². The fourth-order valence-electron chi connectivity index (χ4n) is 1.84. The van der Waals surface area contributed by atoms with E-state index >= 15 is 0 Å². The summed E-state index contributed by atoms with van der Waals surface area (Å²) in [6.07, 6.45) is 0. The molecule has 5 heteroatoms. The van der Waals surface area contributed by atoms with Crippen molar-refractivity contribution in [3.05, 3.63) is 30.0 Å². The third-order valence-corrected chi connectivity index (χ3v) is 2.47. The lowest BCUT2D eigenvalue weighted by atomic mass is 10.2. The first-order valence-electron chi connectivity index (χ1n) is 5.62. The van der Waals surface area contributed by atoms with Crippen LogP contribution in [0.4, 0.5) is 0 Å². The van der Waals surface area contributed by atoms with E-state index in [9.17, 15) is 4.79 Å². The summed E-state index contributed by atoms with van der Waals surface area (Å²) in [5, 5.41) is 15.7. The lowest BCUT2D eigenvalue weighted by Crippen LogP contribution is -2.35. The molecule has 17 heavy (non-hydrogen) atoms. The maximum Gasteiger partial charge on any atom is 0.270 e. The topological polar surface area (TPSA) is 67.2 Å². The molecular formula is C12H15N3O2. The average Bonchev–Trinajstić information content (AvgIpc) is 2.69. The Kier molecular flexibility index (Phi) is 3.39. The molecule has 0 unspecified atom stereocenters. The van der Waals surface area contributed by atoms with Crippen molar-refractivity contribution >= 4 is 16.8 Å². The Morgan fingerprint density at radius 2 is 2.18 bits per heavy atom. The number of fused-ring (bicyclic) bond motifs is 3. The van der Waals surface area contributed by atoms with Gasteiger partial charge in [0.1, 0.15) is 5.69 Å². The van der Waals surface area contributed by atoms with Gasteiger partial charge < -0.3 is 10.4 Å². The molecule has 1 aliphatic heterocycles. The quantitative estimate of drug-likeness (QED) is 0.706. The van der Waals surface area contributed by atoms with Gasteiger partial charge in [0.25, 0.3) is 5.91 Å². The fraction of sp³-hybridized carbons (Fsp3) is 0.333. The van der Waals surface area contributed by atoms with Crippen molar-refractivity contribution in [1.82, 2.24) is 15.1 Å². The van der Waals surface area contributed by atoms with Gasteiger partial charge in [0.15, 0.2) is 0 Å². The summed E-state index contributed by atoms with van der Waals surface area (Å²) >= 11 is 0. The zero-order valence-corrected chi connectivity index (χ0v) is 9.68. The molecule has 0 fully saturated rings. The smallest absolute Gasteiger partial charge is 0.270 e. The summed E-state index contributed by atoms with van der Waals surface area (Å²) in [5.41, 5.74) is 1.58. The third kappa shape index (κ3) is 2.14. The van der Waals surface area contributed by atoms with Crippen molar-refractivity contribution in [2.24, 2.45) is 0 Å². The van der Waals surface area contributed by atoms with E-state index in [1.807, 2.05) is 24.3 Å². The number of benzene rings is 1. The van der Waals surface area contributed by atoms with E-state index in [1.54, 1.807) is 11.6 Å². The molecule has 1 aliphatic rings. The highest BCUT2D eigenvalue weighted by molar-refractivity contribution is 6.05. The minimum atomic E-state index is -0.0232. The van der Waals surface area contributed by atoms with Crippen LogP contribution in [-0.4, -0.2) is 33.9 Å². The highest BCUT2D eigenvalue weighted by atomic mass is 16.2. The van der Waals surface area contributed by atoms with Crippen molar-refractivity contribution in [1.29, 1.82) is 0 Å². The largest absolute Gasteiger partial charge is 0.397 e. The molecule has 0 saturated heterocycles. The van der Waals surface area contributed by atoms with Gasteiger partial charge in [-0.1, -0.05) is 18.2 Å². The number of aromatic nitrogens is 2. The predicted octanol–water partition coefficient (Wildman–Crippen LogP) is 0.778.